The molecule has 2 amide bonds. The van der Waals surface area contributed by atoms with E-state index in [2.05, 4.69) is 41.4 Å². The number of hydrogen-bond donors (Lipinski definition) is 1. The van der Waals surface area contributed by atoms with E-state index in [1.165, 1.54) is 5.56 Å². The highest BCUT2D eigenvalue weighted by Gasteiger charge is 2.33. The molecule has 1 aliphatic carbocycles. The first-order valence-electron chi connectivity index (χ1n) is 9.46. The van der Waals surface area contributed by atoms with Crippen molar-refractivity contribution < 1.29 is 9.59 Å². The third kappa shape index (κ3) is 4.40. The minimum absolute atomic E-state index is 0.0372. The Hall–Kier alpha value is -1.88. The first-order valence-corrected chi connectivity index (χ1v) is 9.46. The highest BCUT2D eigenvalue weighted by molar-refractivity contribution is 5.87. The van der Waals surface area contributed by atoms with Crippen molar-refractivity contribution >= 4 is 11.8 Å². The van der Waals surface area contributed by atoms with Crippen molar-refractivity contribution in [2.24, 2.45) is 5.92 Å². The normalized spacial score (nSPS) is 21.8. The zero-order valence-electron chi connectivity index (χ0n) is 15.3. The van der Waals surface area contributed by atoms with E-state index in [1.807, 2.05) is 17.9 Å². The highest BCUT2D eigenvalue weighted by atomic mass is 16.2. The summed E-state index contributed by atoms with van der Waals surface area (Å²) in [6.07, 6.45) is 2.92. The van der Waals surface area contributed by atoms with Gasteiger partial charge in [0.1, 0.15) is 0 Å². The van der Waals surface area contributed by atoms with Crippen LogP contribution < -0.4 is 5.32 Å². The van der Waals surface area contributed by atoms with Crippen molar-refractivity contribution in [1.29, 1.82) is 0 Å². The number of benzene rings is 1. The van der Waals surface area contributed by atoms with Crippen molar-refractivity contribution in [3.05, 3.63) is 35.9 Å². The molecule has 2 atom stereocenters. The Balaban J connectivity index is 1.53. The minimum Gasteiger partial charge on any atom is -0.347 e. The van der Waals surface area contributed by atoms with Gasteiger partial charge in [-0.15, -0.1) is 0 Å². The molecule has 25 heavy (non-hydrogen) atoms. The molecule has 1 aromatic carbocycles. The molecule has 0 bridgehead atoms. The lowest BCUT2D eigenvalue weighted by atomic mass is 10.1. The standard InChI is InChI=1S/C20H29N3O2/c1-3-23(19(24)13-21-20(25)17-9-10-17)18-11-12-22(14-18)15(2)16-7-5-4-6-8-16/h4-8,15,17-18H,3,9-14H2,1-2H3,(H,21,25)/t15-,18-/m0/s1. The smallest absolute Gasteiger partial charge is 0.242 e. The van der Waals surface area contributed by atoms with E-state index in [0.29, 0.717) is 12.6 Å². The van der Waals surface area contributed by atoms with Gasteiger partial charge in [0, 0.05) is 37.6 Å². The van der Waals surface area contributed by atoms with Gasteiger partial charge in [-0.2, -0.15) is 0 Å². The second kappa shape index (κ2) is 8.00. The third-order valence-electron chi connectivity index (χ3n) is 5.49. The molecule has 1 aromatic rings. The van der Waals surface area contributed by atoms with Gasteiger partial charge in [0.15, 0.2) is 0 Å². The molecule has 2 aliphatic rings. The Kier molecular flexibility index (Phi) is 5.74. The zero-order valence-corrected chi connectivity index (χ0v) is 15.3. The molecule has 5 nitrogen and oxygen atoms in total. The third-order valence-corrected chi connectivity index (χ3v) is 5.49. The maximum atomic E-state index is 12.5. The summed E-state index contributed by atoms with van der Waals surface area (Å²) >= 11 is 0. The first-order chi connectivity index (χ1) is 12.1. The number of amides is 2. The second-order valence-electron chi connectivity index (χ2n) is 7.20. The molecule has 2 fully saturated rings. The van der Waals surface area contributed by atoms with E-state index >= 15 is 0 Å². The van der Waals surface area contributed by atoms with Crippen LogP contribution in [0.25, 0.3) is 0 Å². The number of carbonyl (C=O) groups excluding carboxylic acids is 2. The molecule has 0 unspecified atom stereocenters. The van der Waals surface area contributed by atoms with E-state index in [9.17, 15) is 9.59 Å². The fraction of sp³-hybridized carbons (Fsp3) is 0.600. The molecule has 0 radical (unpaired) electrons. The van der Waals surface area contributed by atoms with Crippen LogP contribution in [0, 0.1) is 5.92 Å². The van der Waals surface area contributed by atoms with Gasteiger partial charge in [0.2, 0.25) is 11.8 Å². The summed E-state index contributed by atoms with van der Waals surface area (Å²) in [6, 6.07) is 11.1. The van der Waals surface area contributed by atoms with E-state index in [0.717, 1.165) is 32.4 Å². The van der Waals surface area contributed by atoms with E-state index in [-0.39, 0.29) is 30.3 Å². The summed E-state index contributed by atoms with van der Waals surface area (Å²) in [5, 5.41) is 2.80. The van der Waals surface area contributed by atoms with Gasteiger partial charge in [-0.05, 0) is 38.7 Å². The predicted molar refractivity (Wildman–Crippen MR) is 98.0 cm³/mol. The number of carbonyl (C=O) groups is 2. The number of nitrogens with zero attached hydrogens (tertiary/aromatic N) is 2. The van der Waals surface area contributed by atoms with Crippen molar-refractivity contribution in [3.63, 3.8) is 0 Å². The number of likely N-dealkylation sites (N-methyl/N-ethyl adjacent to an activating group) is 1. The molecule has 136 valence electrons. The average Bonchev–Trinajstić information content (AvgIpc) is 3.39. The summed E-state index contributed by atoms with van der Waals surface area (Å²) in [5.74, 6) is 0.224. The van der Waals surface area contributed by atoms with Crippen LogP contribution in [0.15, 0.2) is 30.3 Å². The average molecular weight is 343 g/mol. The summed E-state index contributed by atoms with van der Waals surface area (Å²) < 4.78 is 0. The fourth-order valence-corrected chi connectivity index (χ4v) is 3.71. The van der Waals surface area contributed by atoms with Crippen LogP contribution >= 0.6 is 0 Å². The lowest BCUT2D eigenvalue weighted by molar-refractivity contribution is -0.134. The molecule has 5 heteroatoms. The zero-order chi connectivity index (χ0) is 17.8. The van der Waals surface area contributed by atoms with Crippen molar-refractivity contribution in [3.8, 4) is 0 Å². The molecule has 3 rings (SSSR count). The Morgan fingerprint density at radius 1 is 1.24 bits per heavy atom. The maximum Gasteiger partial charge on any atom is 0.242 e. The molecule has 1 saturated heterocycles. The largest absolute Gasteiger partial charge is 0.347 e. The van der Waals surface area contributed by atoms with Crippen LogP contribution in [0.2, 0.25) is 0 Å². The molecule has 1 aliphatic heterocycles. The van der Waals surface area contributed by atoms with Crippen molar-refractivity contribution in [1.82, 2.24) is 15.1 Å². The quantitative estimate of drug-likeness (QED) is 0.826. The van der Waals surface area contributed by atoms with Crippen LogP contribution in [0.1, 0.15) is 44.7 Å². The van der Waals surface area contributed by atoms with Crippen LogP contribution in [-0.2, 0) is 9.59 Å². The van der Waals surface area contributed by atoms with Crippen molar-refractivity contribution in [2.75, 3.05) is 26.2 Å². The van der Waals surface area contributed by atoms with Gasteiger partial charge in [-0.3, -0.25) is 14.5 Å². The van der Waals surface area contributed by atoms with E-state index in [1.54, 1.807) is 0 Å². The van der Waals surface area contributed by atoms with Crippen LogP contribution in [-0.4, -0.2) is 53.8 Å². The summed E-state index contributed by atoms with van der Waals surface area (Å²) in [4.78, 5) is 28.7. The van der Waals surface area contributed by atoms with Gasteiger partial charge in [0.25, 0.3) is 0 Å². The lowest BCUT2D eigenvalue weighted by Gasteiger charge is -2.30. The molecule has 0 aromatic heterocycles. The minimum atomic E-state index is 0.0372. The Bertz CT molecular complexity index is 600. The molecule has 1 N–H and O–H groups in total. The topological polar surface area (TPSA) is 52.7 Å². The van der Waals surface area contributed by atoms with Gasteiger partial charge in [-0.25, -0.2) is 0 Å². The number of hydrogen-bond acceptors (Lipinski definition) is 3. The van der Waals surface area contributed by atoms with Crippen LogP contribution in [0.4, 0.5) is 0 Å². The Morgan fingerprint density at radius 2 is 1.96 bits per heavy atom. The number of nitrogens with one attached hydrogen (secondary N) is 1. The van der Waals surface area contributed by atoms with Gasteiger partial charge >= 0.3 is 0 Å². The molecular weight excluding hydrogens is 314 g/mol. The predicted octanol–water partition coefficient (Wildman–Crippen LogP) is 2.20. The van der Waals surface area contributed by atoms with E-state index in [4.69, 9.17) is 0 Å². The fourth-order valence-electron chi connectivity index (χ4n) is 3.71. The monoisotopic (exact) mass is 343 g/mol. The summed E-state index contributed by atoms with van der Waals surface area (Å²) in [6.45, 7) is 6.96. The Morgan fingerprint density at radius 3 is 2.60 bits per heavy atom. The second-order valence-corrected chi connectivity index (χ2v) is 7.20. The summed E-state index contributed by atoms with van der Waals surface area (Å²) in [7, 11) is 0. The van der Waals surface area contributed by atoms with Crippen LogP contribution in [0.3, 0.4) is 0 Å². The summed E-state index contributed by atoms with van der Waals surface area (Å²) in [5.41, 5.74) is 1.31. The first kappa shape index (κ1) is 17.9. The SMILES string of the molecule is CCN(C(=O)CNC(=O)C1CC1)[C@H]1CCN([C@@H](C)c2ccccc2)C1. The highest BCUT2D eigenvalue weighted by Crippen LogP contribution is 2.29. The lowest BCUT2D eigenvalue weighted by Crippen LogP contribution is -2.46. The molecule has 1 saturated carbocycles. The molecule has 1 heterocycles. The van der Waals surface area contributed by atoms with E-state index < -0.39 is 0 Å². The number of likely N-dealkylation sites (tertiary alicyclic amines) is 1. The number of rotatable bonds is 7. The Labute approximate surface area is 150 Å². The van der Waals surface area contributed by atoms with Gasteiger partial charge in [-0.1, -0.05) is 30.3 Å². The molecular formula is C20H29N3O2. The van der Waals surface area contributed by atoms with Gasteiger partial charge < -0.3 is 10.2 Å². The van der Waals surface area contributed by atoms with Crippen LogP contribution in [0.5, 0.6) is 0 Å². The van der Waals surface area contributed by atoms with Gasteiger partial charge in [0.05, 0.1) is 6.54 Å². The molecule has 0 spiro atoms. The van der Waals surface area contributed by atoms with Crippen molar-refractivity contribution in [2.45, 2.75) is 45.2 Å². The maximum absolute atomic E-state index is 12.5.